The highest BCUT2D eigenvalue weighted by Crippen LogP contribution is 2.31. The molecule has 7 heteroatoms. The monoisotopic (exact) mass is 347 g/mol. The number of nitrogens with zero attached hydrogens (tertiary/aromatic N) is 2. The Morgan fingerprint density at radius 2 is 1.80 bits per heavy atom. The molecule has 0 saturated carbocycles. The van der Waals surface area contributed by atoms with Crippen molar-refractivity contribution in [2.24, 2.45) is 7.05 Å². The van der Waals surface area contributed by atoms with Gasteiger partial charge in [0, 0.05) is 20.0 Å². The Kier molecular flexibility index (Phi) is 4.48. The zero-order chi connectivity index (χ0) is 18.0. The van der Waals surface area contributed by atoms with E-state index in [1.807, 2.05) is 35.9 Å². The average Bonchev–Trinajstić information content (AvgIpc) is 2.90. The van der Waals surface area contributed by atoms with E-state index in [9.17, 15) is 18.0 Å². The average molecular weight is 347 g/mol. The zero-order valence-electron chi connectivity index (χ0n) is 13.5. The number of imidazole rings is 1. The zero-order valence-corrected chi connectivity index (χ0v) is 13.5. The normalized spacial score (nSPS) is 11.7. The van der Waals surface area contributed by atoms with Gasteiger partial charge in [0.25, 0.3) is 5.91 Å². The summed E-state index contributed by atoms with van der Waals surface area (Å²) in [5.74, 6) is 0.0114. The number of para-hydroxylation sites is 2. The number of aromatic nitrogens is 2. The van der Waals surface area contributed by atoms with Crippen LogP contribution in [-0.4, -0.2) is 22.0 Å². The molecule has 1 N–H and O–H groups in total. The van der Waals surface area contributed by atoms with Crippen molar-refractivity contribution in [3.8, 4) is 0 Å². The molecule has 25 heavy (non-hydrogen) atoms. The molecule has 1 heterocycles. The largest absolute Gasteiger partial charge is 0.417 e. The first-order chi connectivity index (χ1) is 11.9. The minimum absolute atomic E-state index is 0.197. The van der Waals surface area contributed by atoms with Crippen LogP contribution < -0.4 is 5.32 Å². The van der Waals surface area contributed by atoms with Crippen molar-refractivity contribution < 1.29 is 18.0 Å². The van der Waals surface area contributed by atoms with E-state index < -0.39 is 17.6 Å². The summed E-state index contributed by atoms with van der Waals surface area (Å²) in [5, 5.41) is 2.54. The first-order valence-corrected chi connectivity index (χ1v) is 7.72. The van der Waals surface area contributed by atoms with Crippen LogP contribution in [0, 0.1) is 0 Å². The summed E-state index contributed by atoms with van der Waals surface area (Å²) in [7, 11) is 1.87. The van der Waals surface area contributed by atoms with Crippen molar-refractivity contribution >= 4 is 16.9 Å². The third-order valence-electron chi connectivity index (χ3n) is 3.99. The van der Waals surface area contributed by atoms with E-state index in [1.54, 1.807) is 0 Å². The Balaban J connectivity index is 1.70. The summed E-state index contributed by atoms with van der Waals surface area (Å²) in [6.07, 6.45) is -4.14. The number of rotatable bonds is 4. The number of alkyl halides is 3. The highest BCUT2D eigenvalue weighted by molar-refractivity contribution is 5.95. The van der Waals surface area contributed by atoms with Crippen LogP contribution in [0.5, 0.6) is 0 Å². The Hall–Kier alpha value is -2.83. The lowest BCUT2D eigenvalue weighted by molar-refractivity contribution is -0.137. The summed E-state index contributed by atoms with van der Waals surface area (Å²) in [5.41, 5.74) is 0.496. The van der Waals surface area contributed by atoms with E-state index in [0.717, 1.165) is 22.9 Å². The molecule has 0 aliphatic heterocycles. The first kappa shape index (κ1) is 17.0. The fraction of sp³-hybridized carbons (Fsp3) is 0.222. The number of fused-ring (bicyclic) bond motifs is 1. The Morgan fingerprint density at radius 3 is 2.52 bits per heavy atom. The van der Waals surface area contributed by atoms with Crippen molar-refractivity contribution in [1.29, 1.82) is 0 Å². The summed E-state index contributed by atoms with van der Waals surface area (Å²) < 4.78 is 40.8. The van der Waals surface area contributed by atoms with Gasteiger partial charge in [0.15, 0.2) is 0 Å². The lowest BCUT2D eigenvalue weighted by Gasteiger charge is -2.12. The van der Waals surface area contributed by atoms with Gasteiger partial charge >= 0.3 is 6.18 Å². The molecule has 130 valence electrons. The van der Waals surface area contributed by atoms with Gasteiger partial charge in [-0.15, -0.1) is 0 Å². The number of hydrogen-bond acceptors (Lipinski definition) is 2. The highest BCUT2D eigenvalue weighted by Gasteiger charge is 2.34. The fourth-order valence-corrected chi connectivity index (χ4v) is 2.73. The van der Waals surface area contributed by atoms with Gasteiger partial charge in [-0.1, -0.05) is 24.3 Å². The van der Waals surface area contributed by atoms with Crippen LogP contribution in [0.1, 0.15) is 21.7 Å². The van der Waals surface area contributed by atoms with E-state index in [2.05, 4.69) is 10.3 Å². The van der Waals surface area contributed by atoms with Crippen molar-refractivity contribution in [1.82, 2.24) is 14.9 Å². The van der Waals surface area contributed by atoms with Crippen LogP contribution in [0.4, 0.5) is 13.2 Å². The van der Waals surface area contributed by atoms with Crippen molar-refractivity contribution in [2.75, 3.05) is 6.54 Å². The molecule has 1 aromatic heterocycles. The van der Waals surface area contributed by atoms with Gasteiger partial charge in [0.1, 0.15) is 5.82 Å². The maximum Gasteiger partial charge on any atom is 0.417 e. The summed E-state index contributed by atoms with van der Waals surface area (Å²) in [6, 6.07) is 12.4. The third kappa shape index (κ3) is 3.50. The van der Waals surface area contributed by atoms with Crippen LogP contribution in [0.2, 0.25) is 0 Å². The Bertz CT molecular complexity index is 915. The number of amides is 1. The van der Waals surface area contributed by atoms with Gasteiger partial charge < -0.3 is 9.88 Å². The molecule has 2 aromatic carbocycles. The number of halogens is 3. The number of aryl methyl sites for hydroxylation is 1. The van der Waals surface area contributed by atoms with E-state index in [1.165, 1.54) is 18.2 Å². The van der Waals surface area contributed by atoms with E-state index in [4.69, 9.17) is 0 Å². The number of benzene rings is 2. The van der Waals surface area contributed by atoms with Gasteiger partial charge in [0.2, 0.25) is 0 Å². The first-order valence-electron chi connectivity index (χ1n) is 7.72. The molecule has 0 saturated heterocycles. The summed E-state index contributed by atoms with van der Waals surface area (Å²) >= 11 is 0. The molecule has 0 atom stereocenters. The Labute approximate surface area is 142 Å². The van der Waals surface area contributed by atoms with Gasteiger partial charge in [-0.2, -0.15) is 13.2 Å². The lowest BCUT2D eigenvalue weighted by Crippen LogP contribution is -2.28. The number of carbonyl (C=O) groups excluding carboxylic acids is 1. The fourth-order valence-electron chi connectivity index (χ4n) is 2.73. The van der Waals surface area contributed by atoms with Gasteiger partial charge in [0.05, 0.1) is 22.2 Å². The molecule has 0 unspecified atom stereocenters. The number of hydrogen-bond donors (Lipinski definition) is 1. The molecule has 0 bridgehead atoms. The molecule has 3 aromatic rings. The van der Waals surface area contributed by atoms with Crippen molar-refractivity contribution in [3.63, 3.8) is 0 Å². The molecular formula is C18H16F3N3O. The quantitative estimate of drug-likeness (QED) is 0.784. The van der Waals surface area contributed by atoms with Gasteiger partial charge in [-0.3, -0.25) is 4.79 Å². The third-order valence-corrected chi connectivity index (χ3v) is 3.99. The molecule has 3 rings (SSSR count). The molecule has 1 amide bonds. The van der Waals surface area contributed by atoms with Crippen LogP contribution >= 0.6 is 0 Å². The second-order valence-corrected chi connectivity index (χ2v) is 5.63. The molecular weight excluding hydrogens is 331 g/mol. The summed E-state index contributed by atoms with van der Waals surface area (Å²) in [4.78, 5) is 16.6. The van der Waals surface area contributed by atoms with E-state index >= 15 is 0 Å². The van der Waals surface area contributed by atoms with Crippen LogP contribution in [0.25, 0.3) is 11.0 Å². The smallest absolute Gasteiger partial charge is 0.352 e. The van der Waals surface area contributed by atoms with Crippen LogP contribution in [-0.2, 0) is 19.6 Å². The highest BCUT2D eigenvalue weighted by atomic mass is 19.4. The van der Waals surface area contributed by atoms with E-state index in [-0.39, 0.29) is 12.1 Å². The minimum Gasteiger partial charge on any atom is -0.352 e. The van der Waals surface area contributed by atoms with Gasteiger partial charge in [-0.25, -0.2) is 4.98 Å². The second kappa shape index (κ2) is 6.58. The van der Waals surface area contributed by atoms with Crippen molar-refractivity contribution in [3.05, 3.63) is 65.5 Å². The van der Waals surface area contributed by atoms with Crippen LogP contribution in [0.15, 0.2) is 48.5 Å². The molecule has 0 aliphatic rings. The second-order valence-electron chi connectivity index (χ2n) is 5.63. The molecule has 0 radical (unpaired) electrons. The SMILES string of the molecule is Cn1c(CCNC(=O)c2ccccc2C(F)(F)F)nc2ccccc21. The number of nitrogens with one attached hydrogen (secondary N) is 1. The van der Waals surface area contributed by atoms with Crippen molar-refractivity contribution in [2.45, 2.75) is 12.6 Å². The Morgan fingerprint density at radius 1 is 1.12 bits per heavy atom. The summed E-state index contributed by atoms with van der Waals surface area (Å²) in [6.45, 7) is 0.197. The molecule has 0 spiro atoms. The topological polar surface area (TPSA) is 46.9 Å². The van der Waals surface area contributed by atoms with Gasteiger partial charge in [-0.05, 0) is 24.3 Å². The number of carbonyl (C=O) groups is 1. The minimum atomic E-state index is -4.56. The van der Waals surface area contributed by atoms with E-state index in [0.29, 0.717) is 6.42 Å². The van der Waals surface area contributed by atoms with Crippen LogP contribution in [0.3, 0.4) is 0 Å². The maximum absolute atomic E-state index is 13.0. The predicted molar refractivity (Wildman–Crippen MR) is 88.2 cm³/mol. The maximum atomic E-state index is 13.0. The lowest BCUT2D eigenvalue weighted by atomic mass is 10.1. The molecule has 4 nitrogen and oxygen atoms in total. The molecule has 0 aliphatic carbocycles. The molecule has 0 fully saturated rings. The standard InChI is InChI=1S/C18H16F3N3O/c1-24-15-9-5-4-8-14(15)23-16(24)10-11-22-17(25)12-6-2-3-7-13(12)18(19,20)21/h2-9H,10-11H2,1H3,(H,22,25). The predicted octanol–water partition coefficient (Wildman–Crippen LogP) is 3.56.